The second-order valence-corrected chi connectivity index (χ2v) is 9.37. The number of thiophene rings is 1. The van der Waals surface area contributed by atoms with E-state index in [0.29, 0.717) is 21.2 Å². The topological polar surface area (TPSA) is 99.0 Å². The highest BCUT2D eigenvalue weighted by Gasteiger charge is 2.27. The van der Waals surface area contributed by atoms with Gasteiger partial charge in [0.05, 0.1) is 18.1 Å². The van der Waals surface area contributed by atoms with Gasteiger partial charge in [0.25, 0.3) is 5.91 Å². The summed E-state index contributed by atoms with van der Waals surface area (Å²) in [6.45, 7) is 5.36. The van der Waals surface area contributed by atoms with E-state index in [1.54, 1.807) is 55.4 Å². The molecule has 1 N–H and O–H groups in total. The number of benzene rings is 1. The van der Waals surface area contributed by atoms with Gasteiger partial charge in [0.1, 0.15) is 21.9 Å². The van der Waals surface area contributed by atoms with Crippen LogP contribution >= 0.6 is 22.9 Å². The second kappa shape index (κ2) is 9.13. The van der Waals surface area contributed by atoms with Crippen LogP contribution in [-0.2, 0) is 4.74 Å². The van der Waals surface area contributed by atoms with Gasteiger partial charge in [0.15, 0.2) is 0 Å². The Hall–Kier alpha value is -3.56. The predicted molar refractivity (Wildman–Crippen MR) is 127 cm³/mol. The normalized spacial score (nSPS) is 11.3. The van der Waals surface area contributed by atoms with Gasteiger partial charge < -0.3 is 10.1 Å². The quantitative estimate of drug-likeness (QED) is 0.391. The number of carbonyl (C=O) groups excluding carboxylic acids is 2. The molecule has 0 aliphatic rings. The van der Waals surface area contributed by atoms with E-state index in [2.05, 4.69) is 20.4 Å². The van der Waals surface area contributed by atoms with Gasteiger partial charge >= 0.3 is 5.97 Å². The van der Waals surface area contributed by atoms with Crippen molar-refractivity contribution in [3.05, 3.63) is 76.9 Å². The predicted octanol–water partition coefficient (Wildman–Crippen LogP) is 5.25. The Morgan fingerprint density at radius 3 is 2.55 bits per heavy atom. The SMILES string of the molecule is CC(C)(C)OC(=O)c1c(-c2cnn(-c3ccc(Cl)cc3)c2)csc1NC(=O)c1cnccn1. The highest BCUT2D eigenvalue weighted by Crippen LogP contribution is 2.37. The number of ether oxygens (including phenoxy) is 1. The lowest BCUT2D eigenvalue weighted by atomic mass is 10.1. The lowest BCUT2D eigenvalue weighted by Crippen LogP contribution is -2.25. The van der Waals surface area contributed by atoms with E-state index in [-0.39, 0.29) is 11.3 Å². The van der Waals surface area contributed by atoms with Gasteiger partial charge in [0, 0.05) is 40.1 Å². The van der Waals surface area contributed by atoms with Crippen LogP contribution in [0, 0.1) is 0 Å². The lowest BCUT2D eigenvalue weighted by Gasteiger charge is -2.20. The molecule has 0 aliphatic heterocycles. The first-order chi connectivity index (χ1) is 15.7. The molecule has 0 radical (unpaired) electrons. The van der Waals surface area contributed by atoms with Crippen LogP contribution in [0.15, 0.2) is 60.6 Å². The Morgan fingerprint density at radius 1 is 1.12 bits per heavy atom. The van der Waals surface area contributed by atoms with Crippen LogP contribution in [0.1, 0.15) is 41.6 Å². The van der Waals surface area contributed by atoms with Crippen LogP contribution in [0.25, 0.3) is 16.8 Å². The van der Waals surface area contributed by atoms with Crippen molar-refractivity contribution in [1.82, 2.24) is 19.7 Å². The molecule has 0 saturated carbocycles. The Balaban J connectivity index is 1.71. The molecule has 8 nitrogen and oxygen atoms in total. The van der Waals surface area contributed by atoms with Gasteiger partial charge in [-0.05, 0) is 45.0 Å². The van der Waals surface area contributed by atoms with Gasteiger partial charge in [0.2, 0.25) is 0 Å². The molecule has 10 heteroatoms. The third-order valence-corrected chi connectivity index (χ3v) is 5.55. The third-order valence-electron chi connectivity index (χ3n) is 4.40. The molecule has 0 atom stereocenters. The minimum absolute atomic E-state index is 0.137. The van der Waals surface area contributed by atoms with Crippen LogP contribution < -0.4 is 5.32 Å². The van der Waals surface area contributed by atoms with Crippen molar-refractivity contribution in [1.29, 1.82) is 0 Å². The molecule has 0 aliphatic carbocycles. The van der Waals surface area contributed by atoms with Crippen molar-refractivity contribution < 1.29 is 14.3 Å². The Morgan fingerprint density at radius 2 is 1.88 bits per heavy atom. The second-order valence-electron chi connectivity index (χ2n) is 8.05. The summed E-state index contributed by atoms with van der Waals surface area (Å²) in [6, 6.07) is 7.23. The average Bonchev–Trinajstić information content (AvgIpc) is 3.41. The van der Waals surface area contributed by atoms with Crippen molar-refractivity contribution in [2.45, 2.75) is 26.4 Å². The van der Waals surface area contributed by atoms with Crippen LogP contribution in [0.4, 0.5) is 5.00 Å². The van der Waals surface area contributed by atoms with Gasteiger partial charge in [-0.15, -0.1) is 11.3 Å². The van der Waals surface area contributed by atoms with E-state index in [0.717, 1.165) is 5.69 Å². The number of amides is 1. The number of esters is 1. The molecule has 33 heavy (non-hydrogen) atoms. The summed E-state index contributed by atoms with van der Waals surface area (Å²) in [7, 11) is 0. The monoisotopic (exact) mass is 481 g/mol. The molecule has 0 saturated heterocycles. The van der Waals surface area contributed by atoms with Gasteiger partial charge in [-0.2, -0.15) is 5.10 Å². The molecule has 4 aromatic rings. The van der Waals surface area contributed by atoms with Crippen LogP contribution in [-0.4, -0.2) is 37.2 Å². The minimum atomic E-state index is -0.712. The first-order valence-corrected chi connectivity index (χ1v) is 11.2. The molecule has 168 valence electrons. The number of nitrogens with one attached hydrogen (secondary N) is 1. The summed E-state index contributed by atoms with van der Waals surface area (Å²) in [4.78, 5) is 33.7. The number of hydrogen-bond acceptors (Lipinski definition) is 7. The number of carbonyl (C=O) groups is 2. The van der Waals surface area contributed by atoms with Crippen molar-refractivity contribution >= 4 is 39.8 Å². The van der Waals surface area contributed by atoms with E-state index in [1.165, 1.54) is 29.9 Å². The number of hydrogen-bond donors (Lipinski definition) is 1. The molecule has 3 aromatic heterocycles. The summed E-state index contributed by atoms with van der Waals surface area (Å²) in [5.41, 5.74) is 1.79. The zero-order valence-corrected chi connectivity index (χ0v) is 19.6. The van der Waals surface area contributed by atoms with Crippen LogP contribution in [0.3, 0.4) is 0 Å². The van der Waals surface area contributed by atoms with Crippen molar-refractivity contribution in [2.24, 2.45) is 0 Å². The smallest absolute Gasteiger partial charge is 0.342 e. The number of halogens is 1. The van der Waals surface area contributed by atoms with Crippen LogP contribution in [0.2, 0.25) is 5.02 Å². The summed E-state index contributed by atoms with van der Waals surface area (Å²) >= 11 is 7.19. The van der Waals surface area contributed by atoms with E-state index in [9.17, 15) is 9.59 Å². The van der Waals surface area contributed by atoms with Gasteiger partial charge in [-0.1, -0.05) is 11.6 Å². The van der Waals surface area contributed by atoms with E-state index >= 15 is 0 Å². The zero-order chi connectivity index (χ0) is 23.6. The summed E-state index contributed by atoms with van der Waals surface area (Å²) in [5, 5.41) is 9.94. The number of nitrogens with zero attached hydrogens (tertiary/aromatic N) is 4. The molecule has 3 heterocycles. The minimum Gasteiger partial charge on any atom is -0.456 e. The Bertz CT molecular complexity index is 1290. The molecule has 1 aromatic carbocycles. The summed E-state index contributed by atoms with van der Waals surface area (Å²) < 4.78 is 7.30. The van der Waals surface area contributed by atoms with Gasteiger partial charge in [-0.3, -0.25) is 9.78 Å². The van der Waals surface area contributed by atoms with Crippen LogP contribution in [0.5, 0.6) is 0 Å². The van der Waals surface area contributed by atoms with Gasteiger partial charge in [-0.25, -0.2) is 14.5 Å². The maximum Gasteiger partial charge on any atom is 0.342 e. The molecule has 4 rings (SSSR count). The highest BCUT2D eigenvalue weighted by atomic mass is 35.5. The molecule has 1 amide bonds. The molecular formula is C23H20ClN5O3S. The third kappa shape index (κ3) is 5.27. The first-order valence-electron chi connectivity index (χ1n) is 9.94. The molecule has 0 spiro atoms. The number of anilines is 1. The fourth-order valence-electron chi connectivity index (χ4n) is 2.97. The zero-order valence-electron chi connectivity index (χ0n) is 18.1. The van der Waals surface area contributed by atoms with E-state index in [1.807, 2.05) is 12.1 Å². The standard InChI is InChI=1S/C23H20ClN5O3S/c1-23(2,3)32-22(31)19-17(13-33-21(19)28-20(30)18-11-25-8-9-26-18)14-10-27-29(12-14)16-6-4-15(24)5-7-16/h4-13H,1-3H3,(H,28,30). The number of aromatic nitrogens is 4. The fourth-order valence-corrected chi connectivity index (χ4v) is 4.05. The molecule has 0 unspecified atom stereocenters. The maximum atomic E-state index is 13.1. The summed E-state index contributed by atoms with van der Waals surface area (Å²) in [5.74, 6) is -1.02. The largest absolute Gasteiger partial charge is 0.456 e. The summed E-state index contributed by atoms with van der Waals surface area (Å²) in [6.07, 6.45) is 7.71. The first kappa shape index (κ1) is 22.6. The molecule has 0 fully saturated rings. The van der Waals surface area contributed by atoms with Crippen molar-refractivity contribution in [3.8, 4) is 16.8 Å². The average molecular weight is 482 g/mol. The number of rotatable bonds is 5. The van der Waals surface area contributed by atoms with E-state index in [4.69, 9.17) is 16.3 Å². The Labute approximate surface area is 199 Å². The maximum absolute atomic E-state index is 13.1. The van der Waals surface area contributed by atoms with Crippen molar-refractivity contribution in [3.63, 3.8) is 0 Å². The lowest BCUT2D eigenvalue weighted by molar-refractivity contribution is 0.00721. The Kier molecular flexibility index (Phi) is 6.26. The molecule has 0 bridgehead atoms. The van der Waals surface area contributed by atoms with Crippen molar-refractivity contribution in [2.75, 3.05) is 5.32 Å². The highest BCUT2D eigenvalue weighted by molar-refractivity contribution is 7.15. The fraction of sp³-hybridized carbons (Fsp3) is 0.174. The van der Waals surface area contributed by atoms with E-state index < -0.39 is 17.5 Å². The molecular weight excluding hydrogens is 462 g/mol.